The lowest BCUT2D eigenvalue weighted by Gasteiger charge is -2.45. The highest BCUT2D eigenvalue weighted by Gasteiger charge is 2.42. The van der Waals surface area contributed by atoms with E-state index in [1.165, 1.54) is 6.92 Å². The molecular weight excluding hydrogens is 268 g/mol. The van der Waals surface area contributed by atoms with Gasteiger partial charge < -0.3 is 14.9 Å². The fourth-order valence-electron chi connectivity index (χ4n) is 3.12. The topological polar surface area (TPSA) is 66.8 Å². The number of aliphatic hydroxyl groups is 2. The third-order valence-corrected chi connectivity index (χ3v) is 4.61. The Balaban J connectivity index is 2.92. The van der Waals surface area contributed by atoms with Crippen LogP contribution in [0.25, 0.3) is 0 Å². The predicted molar refractivity (Wildman–Crippen MR) is 82.5 cm³/mol. The van der Waals surface area contributed by atoms with Gasteiger partial charge in [-0.15, -0.1) is 6.58 Å². The first-order chi connectivity index (χ1) is 9.90. The molecule has 1 rings (SSSR count). The van der Waals surface area contributed by atoms with Crippen LogP contribution in [0.4, 0.5) is 0 Å². The van der Waals surface area contributed by atoms with Gasteiger partial charge >= 0.3 is 5.97 Å². The number of ether oxygens (including phenoxy) is 1. The van der Waals surface area contributed by atoms with Crippen LogP contribution >= 0.6 is 0 Å². The first-order valence-electron chi connectivity index (χ1n) is 7.24. The summed E-state index contributed by atoms with van der Waals surface area (Å²) in [6.45, 7) is 13.3. The van der Waals surface area contributed by atoms with E-state index in [2.05, 4.69) is 19.7 Å². The minimum Gasteiger partial charge on any atom is -0.461 e. The van der Waals surface area contributed by atoms with E-state index in [1.807, 2.05) is 0 Å². The van der Waals surface area contributed by atoms with Crippen molar-refractivity contribution in [3.8, 4) is 0 Å². The molecule has 0 amide bonds. The van der Waals surface area contributed by atoms with Gasteiger partial charge in [-0.1, -0.05) is 19.2 Å². The van der Waals surface area contributed by atoms with Crippen LogP contribution in [0, 0.1) is 17.3 Å². The lowest BCUT2D eigenvalue weighted by atomic mass is 9.60. The molecule has 0 aromatic carbocycles. The SMILES string of the molecule is C=C[C@]1(CO)CC[C@@H](C(=C)CO)C[C@H]1C(=C)COC(C)=O. The monoisotopic (exact) mass is 294 g/mol. The molecule has 0 unspecified atom stereocenters. The minimum absolute atomic E-state index is 0.0153. The van der Waals surface area contributed by atoms with Crippen LogP contribution in [0.2, 0.25) is 0 Å². The molecule has 118 valence electrons. The van der Waals surface area contributed by atoms with E-state index in [4.69, 9.17) is 4.74 Å². The van der Waals surface area contributed by atoms with E-state index in [0.717, 1.165) is 30.4 Å². The van der Waals surface area contributed by atoms with Crippen molar-refractivity contribution < 1.29 is 19.7 Å². The maximum Gasteiger partial charge on any atom is 0.302 e. The number of carbonyl (C=O) groups is 1. The highest BCUT2D eigenvalue weighted by Crippen LogP contribution is 2.48. The summed E-state index contributed by atoms with van der Waals surface area (Å²) in [6, 6.07) is 0. The predicted octanol–water partition coefficient (Wildman–Crippen LogP) is 2.24. The van der Waals surface area contributed by atoms with Crippen molar-refractivity contribution in [1.82, 2.24) is 0 Å². The molecule has 0 aliphatic heterocycles. The Labute approximate surface area is 126 Å². The second-order valence-electron chi connectivity index (χ2n) is 5.87. The van der Waals surface area contributed by atoms with Gasteiger partial charge in [0, 0.05) is 12.3 Å². The Kier molecular flexibility index (Phi) is 6.37. The van der Waals surface area contributed by atoms with Crippen LogP contribution in [-0.4, -0.2) is 36.0 Å². The van der Waals surface area contributed by atoms with Crippen molar-refractivity contribution in [2.45, 2.75) is 26.2 Å². The summed E-state index contributed by atoms with van der Waals surface area (Å²) in [5.74, 6) is -0.202. The van der Waals surface area contributed by atoms with Crippen LogP contribution in [0.3, 0.4) is 0 Å². The van der Waals surface area contributed by atoms with Gasteiger partial charge in [-0.25, -0.2) is 0 Å². The molecule has 1 aliphatic carbocycles. The zero-order valence-corrected chi connectivity index (χ0v) is 12.8. The molecule has 0 aromatic heterocycles. The second kappa shape index (κ2) is 7.57. The molecular formula is C17H26O4. The summed E-state index contributed by atoms with van der Waals surface area (Å²) in [7, 11) is 0. The summed E-state index contributed by atoms with van der Waals surface area (Å²) in [6.07, 6.45) is 4.12. The van der Waals surface area contributed by atoms with E-state index in [0.29, 0.717) is 0 Å². The molecule has 0 spiro atoms. The van der Waals surface area contributed by atoms with Crippen molar-refractivity contribution in [2.75, 3.05) is 19.8 Å². The molecule has 0 aromatic rings. The van der Waals surface area contributed by atoms with Crippen LogP contribution in [-0.2, 0) is 9.53 Å². The van der Waals surface area contributed by atoms with Crippen molar-refractivity contribution in [2.24, 2.45) is 17.3 Å². The fraction of sp³-hybridized carbons (Fsp3) is 0.588. The third-order valence-electron chi connectivity index (χ3n) is 4.61. The van der Waals surface area contributed by atoms with Crippen molar-refractivity contribution in [3.63, 3.8) is 0 Å². The molecule has 4 heteroatoms. The zero-order valence-electron chi connectivity index (χ0n) is 12.8. The van der Waals surface area contributed by atoms with Crippen molar-refractivity contribution >= 4 is 5.97 Å². The number of aliphatic hydroxyl groups excluding tert-OH is 2. The quantitative estimate of drug-likeness (QED) is 0.558. The van der Waals surface area contributed by atoms with Crippen LogP contribution in [0.1, 0.15) is 26.2 Å². The summed E-state index contributed by atoms with van der Waals surface area (Å²) in [5, 5.41) is 19.1. The maximum absolute atomic E-state index is 11.0. The van der Waals surface area contributed by atoms with Gasteiger partial charge in [-0.2, -0.15) is 0 Å². The van der Waals surface area contributed by atoms with E-state index in [-0.39, 0.29) is 37.6 Å². The van der Waals surface area contributed by atoms with E-state index in [9.17, 15) is 15.0 Å². The number of hydrogen-bond acceptors (Lipinski definition) is 4. The standard InChI is InChI=1S/C17H26O4/c1-5-17(11-19)7-6-15(12(2)9-18)8-16(17)13(3)10-21-14(4)20/h5,15-16,18-19H,1-3,6-11H2,4H3/t15-,16+,17-/m1/s1. The van der Waals surface area contributed by atoms with Gasteiger partial charge in [0.15, 0.2) is 0 Å². The number of hydrogen-bond donors (Lipinski definition) is 2. The van der Waals surface area contributed by atoms with Crippen molar-refractivity contribution in [3.05, 3.63) is 37.0 Å². The number of carbonyl (C=O) groups excluding carboxylic acids is 1. The average Bonchev–Trinajstić information content (AvgIpc) is 2.50. The van der Waals surface area contributed by atoms with Crippen LogP contribution in [0.5, 0.6) is 0 Å². The maximum atomic E-state index is 11.0. The molecule has 21 heavy (non-hydrogen) atoms. The molecule has 0 saturated heterocycles. The van der Waals surface area contributed by atoms with Gasteiger partial charge in [0.1, 0.15) is 6.61 Å². The number of esters is 1. The highest BCUT2D eigenvalue weighted by atomic mass is 16.5. The molecule has 0 radical (unpaired) electrons. The average molecular weight is 294 g/mol. The van der Waals surface area contributed by atoms with E-state index in [1.54, 1.807) is 6.08 Å². The van der Waals surface area contributed by atoms with Gasteiger partial charge in [0.05, 0.1) is 13.2 Å². The van der Waals surface area contributed by atoms with Gasteiger partial charge in [-0.05, 0) is 42.2 Å². The molecule has 1 saturated carbocycles. The normalized spacial score (nSPS) is 28.7. The lowest BCUT2D eigenvalue weighted by Crippen LogP contribution is -2.40. The van der Waals surface area contributed by atoms with E-state index >= 15 is 0 Å². The van der Waals surface area contributed by atoms with Gasteiger partial charge in [-0.3, -0.25) is 4.79 Å². The summed E-state index contributed by atoms with van der Waals surface area (Å²) >= 11 is 0. The summed E-state index contributed by atoms with van der Waals surface area (Å²) < 4.78 is 5.04. The Morgan fingerprint density at radius 2 is 2.05 bits per heavy atom. The minimum atomic E-state index is -0.441. The zero-order chi connectivity index (χ0) is 16.0. The Morgan fingerprint density at radius 1 is 1.38 bits per heavy atom. The number of rotatable bonds is 7. The highest BCUT2D eigenvalue weighted by molar-refractivity contribution is 5.66. The Bertz CT molecular complexity index is 427. The molecule has 4 nitrogen and oxygen atoms in total. The molecule has 1 fully saturated rings. The first kappa shape index (κ1) is 17.7. The summed E-state index contributed by atoms with van der Waals surface area (Å²) in [4.78, 5) is 11.0. The third kappa shape index (κ3) is 4.05. The van der Waals surface area contributed by atoms with Crippen LogP contribution < -0.4 is 0 Å². The smallest absolute Gasteiger partial charge is 0.302 e. The largest absolute Gasteiger partial charge is 0.461 e. The Morgan fingerprint density at radius 3 is 2.52 bits per heavy atom. The first-order valence-corrected chi connectivity index (χ1v) is 7.24. The lowest BCUT2D eigenvalue weighted by molar-refractivity contribution is -0.140. The second-order valence-corrected chi connectivity index (χ2v) is 5.87. The fourth-order valence-corrected chi connectivity index (χ4v) is 3.12. The molecule has 0 bridgehead atoms. The van der Waals surface area contributed by atoms with E-state index < -0.39 is 5.41 Å². The molecule has 3 atom stereocenters. The molecule has 0 heterocycles. The summed E-state index contributed by atoms with van der Waals surface area (Å²) in [5.41, 5.74) is 1.13. The Hall–Kier alpha value is -1.39. The van der Waals surface area contributed by atoms with Gasteiger partial charge in [0.25, 0.3) is 0 Å². The van der Waals surface area contributed by atoms with Gasteiger partial charge in [0.2, 0.25) is 0 Å². The molecule has 2 N–H and O–H groups in total. The van der Waals surface area contributed by atoms with Crippen LogP contribution in [0.15, 0.2) is 37.0 Å². The molecule has 1 aliphatic rings. The van der Waals surface area contributed by atoms with Crippen molar-refractivity contribution in [1.29, 1.82) is 0 Å².